The molecule has 1 saturated carbocycles. The van der Waals surface area contributed by atoms with Gasteiger partial charge in [-0.1, -0.05) is 6.07 Å². The van der Waals surface area contributed by atoms with Gasteiger partial charge in [0.1, 0.15) is 16.4 Å². The molecule has 0 radical (unpaired) electrons. The molecule has 0 amide bonds. The molecule has 0 unspecified atom stereocenters. The van der Waals surface area contributed by atoms with Crippen molar-refractivity contribution < 1.29 is 13.2 Å². The van der Waals surface area contributed by atoms with Crippen molar-refractivity contribution in [3.05, 3.63) is 36.2 Å². The lowest BCUT2D eigenvalue weighted by Crippen LogP contribution is -2.10. The van der Waals surface area contributed by atoms with E-state index in [4.69, 9.17) is 0 Å². The van der Waals surface area contributed by atoms with Gasteiger partial charge >= 0.3 is 6.18 Å². The van der Waals surface area contributed by atoms with Gasteiger partial charge in [-0.05, 0) is 47.2 Å². The zero-order valence-corrected chi connectivity index (χ0v) is 13.4. The minimum atomic E-state index is -4.59. The van der Waals surface area contributed by atoms with E-state index in [1.165, 1.54) is 6.20 Å². The molecule has 0 N–H and O–H groups in total. The van der Waals surface area contributed by atoms with Gasteiger partial charge in [0.2, 0.25) is 5.16 Å². The number of hydrogen-bond acceptors (Lipinski definition) is 7. The van der Waals surface area contributed by atoms with Crippen LogP contribution < -0.4 is 0 Å². The van der Waals surface area contributed by atoms with Gasteiger partial charge in [-0.25, -0.2) is 14.6 Å². The third kappa shape index (κ3) is 3.45. The van der Waals surface area contributed by atoms with E-state index in [0.29, 0.717) is 5.16 Å². The summed E-state index contributed by atoms with van der Waals surface area (Å²) < 4.78 is 41.2. The van der Waals surface area contributed by atoms with Gasteiger partial charge < -0.3 is 0 Å². The van der Waals surface area contributed by atoms with Crippen molar-refractivity contribution in [3.63, 3.8) is 0 Å². The van der Waals surface area contributed by atoms with Crippen LogP contribution in [0.2, 0.25) is 0 Å². The highest BCUT2D eigenvalue weighted by Gasteiger charge is 2.34. The second-order valence-electron chi connectivity index (χ2n) is 5.37. The molecule has 7 nitrogen and oxygen atoms in total. The molecule has 0 aliphatic heterocycles. The summed E-state index contributed by atoms with van der Waals surface area (Å²) in [6.45, 7) is 0. The summed E-state index contributed by atoms with van der Waals surface area (Å²) in [6.07, 6.45) is -1.21. The Kier molecular flexibility index (Phi) is 3.86. The SMILES string of the molecule is FC(F)(F)c1cc(Sc2nnnn2C2CC2)nc(-c2ccccn2)n1. The third-order valence-corrected chi connectivity index (χ3v) is 4.31. The topological polar surface area (TPSA) is 82.3 Å². The number of tetrazole rings is 1. The Morgan fingerprint density at radius 1 is 1.16 bits per heavy atom. The van der Waals surface area contributed by atoms with Crippen LogP contribution in [0.3, 0.4) is 0 Å². The van der Waals surface area contributed by atoms with Gasteiger partial charge in [-0.2, -0.15) is 13.2 Å². The van der Waals surface area contributed by atoms with E-state index in [9.17, 15) is 13.2 Å². The molecule has 0 aromatic carbocycles. The van der Waals surface area contributed by atoms with Crippen molar-refractivity contribution in [2.24, 2.45) is 0 Å². The van der Waals surface area contributed by atoms with Crippen molar-refractivity contribution in [3.8, 4) is 11.5 Å². The number of hydrogen-bond donors (Lipinski definition) is 0. The van der Waals surface area contributed by atoms with Crippen molar-refractivity contribution in [2.45, 2.75) is 35.2 Å². The third-order valence-electron chi connectivity index (χ3n) is 3.44. The van der Waals surface area contributed by atoms with Gasteiger partial charge in [0.15, 0.2) is 5.82 Å². The van der Waals surface area contributed by atoms with Crippen molar-refractivity contribution in [2.75, 3.05) is 0 Å². The fraction of sp³-hybridized carbons (Fsp3) is 0.286. The number of pyridine rings is 1. The number of aromatic nitrogens is 7. The van der Waals surface area contributed by atoms with Gasteiger partial charge in [0.05, 0.1) is 6.04 Å². The largest absolute Gasteiger partial charge is 0.433 e. The van der Waals surface area contributed by atoms with Crippen LogP contribution in [-0.4, -0.2) is 35.2 Å². The fourth-order valence-electron chi connectivity index (χ4n) is 2.13. The zero-order chi connectivity index (χ0) is 17.4. The summed E-state index contributed by atoms with van der Waals surface area (Å²) in [4.78, 5) is 11.8. The first-order valence-corrected chi connectivity index (χ1v) is 8.16. The molecule has 128 valence electrons. The van der Waals surface area contributed by atoms with Crippen molar-refractivity contribution in [1.82, 2.24) is 35.2 Å². The normalized spacial score (nSPS) is 14.7. The molecule has 0 bridgehead atoms. The first-order chi connectivity index (χ1) is 12.0. The summed E-state index contributed by atoms with van der Waals surface area (Å²) >= 11 is 0.976. The van der Waals surface area contributed by atoms with Crippen LogP contribution in [0.25, 0.3) is 11.5 Å². The van der Waals surface area contributed by atoms with Crippen LogP contribution in [0.1, 0.15) is 24.6 Å². The molecule has 1 aliphatic rings. The summed E-state index contributed by atoms with van der Waals surface area (Å²) in [5.74, 6) is -0.0941. The molecule has 1 aliphatic carbocycles. The molecule has 11 heteroatoms. The Balaban J connectivity index is 1.74. The Hall–Kier alpha value is -2.56. The Labute approximate surface area is 143 Å². The molecule has 1 fully saturated rings. The van der Waals surface area contributed by atoms with E-state index in [0.717, 1.165) is 30.7 Å². The van der Waals surface area contributed by atoms with Gasteiger partial charge in [0.25, 0.3) is 0 Å². The predicted molar refractivity (Wildman–Crippen MR) is 80.5 cm³/mol. The second kappa shape index (κ2) is 6.06. The molecular weight excluding hydrogens is 355 g/mol. The monoisotopic (exact) mass is 365 g/mol. The summed E-state index contributed by atoms with van der Waals surface area (Å²) in [5.41, 5.74) is -0.770. The summed E-state index contributed by atoms with van der Waals surface area (Å²) in [7, 11) is 0. The molecule has 0 spiro atoms. The number of halogens is 3. The van der Waals surface area contributed by atoms with Crippen LogP contribution in [0, 0.1) is 0 Å². The molecule has 3 aromatic heterocycles. The molecule has 3 aromatic rings. The first kappa shape index (κ1) is 15.9. The number of rotatable bonds is 4. The van der Waals surface area contributed by atoms with E-state index in [-0.39, 0.29) is 22.6 Å². The van der Waals surface area contributed by atoms with Gasteiger partial charge in [0, 0.05) is 12.3 Å². The van der Waals surface area contributed by atoms with E-state index in [1.807, 2.05) is 0 Å². The maximum atomic E-state index is 13.2. The maximum absolute atomic E-state index is 13.2. The quantitative estimate of drug-likeness (QED) is 0.657. The van der Waals surface area contributed by atoms with Crippen LogP contribution in [0.5, 0.6) is 0 Å². The fourth-order valence-corrected chi connectivity index (χ4v) is 2.97. The van der Waals surface area contributed by atoms with E-state index in [2.05, 4.69) is 30.5 Å². The van der Waals surface area contributed by atoms with Crippen LogP contribution >= 0.6 is 11.8 Å². The van der Waals surface area contributed by atoms with Crippen LogP contribution in [-0.2, 0) is 6.18 Å². The smallest absolute Gasteiger partial charge is 0.253 e. The zero-order valence-electron chi connectivity index (χ0n) is 12.6. The molecule has 0 atom stereocenters. The average Bonchev–Trinajstić information content (AvgIpc) is 3.34. The highest BCUT2D eigenvalue weighted by Crippen LogP contribution is 2.38. The molecule has 25 heavy (non-hydrogen) atoms. The second-order valence-corrected chi connectivity index (χ2v) is 6.35. The minimum absolute atomic E-state index is 0.0941. The highest BCUT2D eigenvalue weighted by atomic mass is 32.2. The lowest BCUT2D eigenvalue weighted by atomic mass is 10.3. The van der Waals surface area contributed by atoms with Gasteiger partial charge in [-0.15, -0.1) is 5.10 Å². The molecule has 3 heterocycles. The Morgan fingerprint density at radius 3 is 2.68 bits per heavy atom. The van der Waals surface area contributed by atoms with Crippen molar-refractivity contribution >= 4 is 11.8 Å². The van der Waals surface area contributed by atoms with Crippen LogP contribution in [0.15, 0.2) is 40.6 Å². The summed E-state index contributed by atoms with van der Waals surface area (Å²) in [6, 6.07) is 5.97. The predicted octanol–water partition coefficient (Wildman–Crippen LogP) is 3.03. The van der Waals surface area contributed by atoms with E-state index < -0.39 is 11.9 Å². The summed E-state index contributed by atoms with van der Waals surface area (Å²) in [5, 5.41) is 11.9. The maximum Gasteiger partial charge on any atom is 0.433 e. The van der Waals surface area contributed by atoms with Gasteiger partial charge in [-0.3, -0.25) is 4.98 Å². The van der Waals surface area contributed by atoms with E-state index in [1.54, 1.807) is 22.9 Å². The standard InChI is InChI=1S/C14H10F3N7S/c15-14(16,17)10-7-11(20-12(19-10)9-3-1-2-6-18-9)25-13-21-22-23-24(13)8-4-5-8/h1-3,6-8H,4-5H2. The Morgan fingerprint density at radius 2 is 2.00 bits per heavy atom. The first-order valence-electron chi connectivity index (χ1n) is 7.34. The van der Waals surface area contributed by atoms with Crippen molar-refractivity contribution in [1.29, 1.82) is 0 Å². The lowest BCUT2D eigenvalue weighted by Gasteiger charge is -2.10. The average molecular weight is 365 g/mol. The Bertz CT molecular complexity index is 893. The molecule has 4 rings (SSSR count). The van der Waals surface area contributed by atoms with Crippen LogP contribution in [0.4, 0.5) is 13.2 Å². The number of alkyl halides is 3. The minimum Gasteiger partial charge on any atom is -0.253 e. The molecule has 0 saturated heterocycles. The van der Waals surface area contributed by atoms with E-state index >= 15 is 0 Å². The number of nitrogens with zero attached hydrogens (tertiary/aromatic N) is 7. The lowest BCUT2D eigenvalue weighted by molar-refractivity contribution is -0.141. The molecular formula is C14H10F3N7S. The highest BCUT2D eigenvalue weighted by molar-refractivity contribution is 7.99.